The molecule has 0 bridgehead atoms. The average Bonchev–Trinajstić information content (AvgIpc) is 2.85. The Labute approximate surface area is 130 Å². The Morgan fingerprint density at radius 3 is 2.64 bits per heavy atom. The maximum absolute atomic E-state index is 13.9. The van der Waals surface area contributed by atoms with Crippen LogP contribution < -0.4 is 0 Å². The van der Waals surface area contributed by atoms with Gasteiger partial charge in [-0.1, -0.05) is 32.4 Å². The summed E-state index contributed by atoms with van der Waals surface area (Å²) in [7, 11) is 0. The summed E-state index contributed by atoms with van der Waals surface area (Å²) in [6.45, 7) is 6.18. The van der Waals surface area contributed by atoms with Crippen molar-refractivity contribution in [3.05, 3.63) is 29.7 Å². The van der Waals surface area contributed by atoms with Crippen LogP contribution in [0.1, 0.15) is 56.9 Å². The van der Waals surface area contributed by atoms with Gasteiger partial charge in [0.1, 0.15) is 17.0 Å². The second-order valence-corrected chi connectivity index (χ2v) is 5.09. The van der Waals surface area contributed by atoms with Gasteiger partial charge in [-0.05, 0) is 18.9 Å². The van der Waals surface area contributed by atoms with E-state index < -0.39 is 0 Å². The summed E-state index contributed by atoms with van der Waals surface area (Å²) in [5.41, 5.74) is 0.666. The highest BCUT2D eigenvalue weighted by Crippen LogP contribution is 2.22. The van der Waals surface area contributed by atoms with Crippen LogP contribution in [-0.2, 0) is 6.54 Å². The van der Waals surface area contributed by atoms with Gasteiger partial charge in [-0.3, -0.25) is 9.48 Å². The molecule has 0 radical (unpaired) electrons. The van der Waals surface area contributed by atoms with Crippen molar-refractivity contribution in [3.63, 3.8) is 0 Å². The second-order valence-electron chi connectivity index (χ2n) is 5.09. The molecule has 1 heterocycles. The number of carbonyl (C=O) groups excluding carboxylic acids is 1. The molecule has 0 aliphatic carbocycles. The SMILES string of the molecule is CC(=O)c1nn(CCCCC#N)c2c(F)cccc12.CCC. The molecule has 1 aromatic carbocycles. The maximum Gasteiger partial charge on any atom is 0.180 e. The number of rotatable bonds is 5. The summed E-state index contributed by atoms with van der Waals surface area (Å²) in [6.07, 6.45) is 3.19. The van der Waals surface area contributed by atoms with Gasteiger partial charge in [-0.25, -0.2) is 4.39 Å². The number of carbonyl (C=O) groups is 1. The molecule has 22 heavy (non-hydrogen) atoms. The van der Waals surface area contributed by atoms with Crippen LogP contribution in [0.5, 0.6) is 0 Å². The monoisotopic (exact) mass is 303 g/mol. The number of hydrogen-bond acceptors (Lipinski definition) is 3. The molecule has 0 N–H and O–H groups in total. The van der Waals surface area contributed by atoms with E-state index in [1.807, 2.05) is 0 Å². The van der Waals surface area contributed by atoms with E-state index in [9.17, 15) is 9.18 Å². The molecule has 0 spiro atoms. The van der Waals surface area contributed by atoms with Gasteiger partial charge < -0.3 is 0 Å². The Hall–Kier alpha value is -2.22. The third kappa shape index (κ3) is 4.39. The molecule has 0 fully saturated rings. The molecule has 0 aliphatic heterocycles. The second kappa shape index (κ2) is 8.93. The van der Waals surface area contributed by atoms with Crippen molar-refractivity contribution in [3.8, 4) is 6.07 Å². The topological polar surface area (TPSA) is 58.7 Å². The molecule has 5 heteroatoms. The normalized spacial score (nSPS) is 9.95. The van der Waals surface area contributed by atoms with E-state index in [-0.39, 0.29) is 11.6 Å². The maximum atomic E-state index is 13.9. The lowest BCUT2D eigenvalue weighted by molar-refractivity contribution is 0.101. The molecule has 0 saturated carbocycles. The summed E-state index contributed by atoms with van der Waals surface area (Å²) in [4.78, 5) is 11.5. The predicted octanol–water partition coefficient (Wildman–Crippen LogP) is 4.49. The fraction of sp³-hybridized carbons (Fsp3) is 0.471. The smallest absolute Gasteiger partial charge is 0.180 e. The number of nitrogens with zero attached hydrogens (tertiary/aromatic N) is 3. The first-order chi connectivity index (χ1) is 10.6. The number of hydrogen-bond donors (Lipinski definition) is 0. The van der Waals surface area contributed by atoms with Crippen LogP contribution in [0.3, 0.4) is 0 Å². The molecular formula is C17H22FN3O. The van der Waals surface area contributed by atoms with E-state index in [0.717, 1.165) is 12.8 Å². The Bertz CT molecular complexity index is 670. The molecule has 0 aliphatic rings. The standard InChI is InChI=1S/C14H14FN3O.C3H8/c1-10(19)13-11-6-5-7-12(15)14(11)18(17-13)9-4-2-3-8-16;1-3-2/h5-7H,2-4,9H2,1H3;3H2,1-2H3. The van der Waals surface area contributed by atoms with Crippen molar-refractivity contribution in [1.82, 2.24) is 9.78 Å². The number of Topliss-reactive ketones (excluding diaryl/α,β-unsaturated/α-hetero) is 1. The van der Waals surface area contributed by atoms with Crippen LogP contribution in [0.25, 0.3) is 10.9 Å². The number of aromatic nitrogens is 2. The highest BCUT2D eigenvalue weighted by Gasteiger charge is 2.16. The van der Waals surface area contributed by atoms with Gasteiger partial charge in [0.05, 0.1) is 6.07 Å². The van der Waals surface area contributed by atoms with Crippen LogP contribution in [0, 0.1) is 17.1 Å². The summed E-state index contributed by atoms with van der Waals surface area (Å²) >= 11 is 0. The molecule has 2 aromatic rings. The van der Waals surface area contributed by atoms with Crippen molar-refractivity contribution in [2.45, 2.75) is 53.0 Å². The number of para-hydroxylation sites is 1. The van der Waals surface area contributed by atoms with Crippen molar-refractivity contribution >= 4 is 16.7 Å². The lowest BCUT2D eigenvalue weighted by Crippen LogP contribution is -2.03. The van der Waals surface area contributed by atoms with Crippen LogP contribution >= 0.6 is 0 Å². The summed E-state index contributed by atoms with van der Waals surface area (Å²) in [6, 6.07) is 6.71. The molecule has 2 rings (SSSR count). The summed E-state index contributed by atoms with van der Waals surface area (Å²) < 4.78 is 15.4. The molecular weight excluding hydrogens is 281 g/mol. The number of fused-ring (bicyclic) bond motifs is 1. The number of halogens is 1. The van der Waals surface area contributed by atoms with E-state index in [0.29, 0.717) is 29.6 Å². The van der Waals surface area contributed by atoms with Gasteiger partial charge in [-0.2, -0.15) is 10.4 Å². The highest BCUT2D eigenvalue weighted by molar-refractivity contribution is 6.04. The third-order valence-electron chi connectivity index (χ3n) is 2.96. The third-order valence-corrected chi connectivity index (χ3v) is 2.96. The van der Waals surface area contributed by atoms with Gasteiger partial charge in [-0.15, -0.1) is 0 Å². The first kappa shape index (κ1) is 17.8. The quantitative estimate of drug-likeness (QED) is 0.604. The number of nitriles is 1. The lowest BCUT2D eigenvalue weighted by Gasteiger charge is -2.02. The zero-order valence-corrected chi connectivity index (χ0v) is 13.4. The van der Waals surface area contributed by atoms with E-state index in [2.05, 4.69) is 25.0 Å². The minimum absolute atomic E-state index is 0.175. The van der Waals surface area contributed by atoms with Crippen molar-refractivity contribution in [1.29, 1.82) is 5.26 Å². The fourth-order valence-electron chi connectivity index (χ4n) is 2.08. The molecule has 1 aromatic heterocycles. The van der Waals surface area contributed by atoms with Gasteiger partial charge >= 0.3 is 0 Å². The van der Waals surface area contributed by atoms with Crippen molar-refractivity contribution in [2.24, 2.45) is 0 Å². The minimum Gasteiger partial charge on any atom is -0.293 e. The molecule has 118 valence electrons. The molecule has 0 atom stereocenters. The van der Waals surface area contributed by atoms with E-state index in [4.69, 9.17) is 5.26 Å². The Balaban J connectivity index is 0.000000745. The predicted molar refractivity (Wildman–Crippen MR) is 85.1 cm³/mol. The number of aryl methyl sites for hydroxylation is 1. The zero-order valence-electron chi connectivity index (χ0n) is 13.4. The molecule has 4 nitrogen and oxygen atoms in total. The lowest BCUT2D eigenvalue weighted by atomic mass is 10.1. The molecule has 0 saturated heterocycles. The van der Waals surface area contributed by atoms with Crippen molar-refractivity contribution in [2.75, 3.05) is 0 Å². The number of unbranched alkanes of at least 4 members (excludes halogenated alkanes) is 2. The van der Waals surface area contributed by atoms with Crippen molar-refractivity contribution < 1.29 is 9.18 Å². The Morgan fingerprint density at radius 2 is 2.05 bits per heavy atom. The minimum atomic E-state index is -0.377. The van der Waals surface area contributed by atoms with Crippen LogP contribution in [0.15, 0.2) is 18.2 Å². The number of benzene rings is 1. The first-order valence-electron chi connectivity index (χ1n) is 7.59. The van der Waals surface area contributed by atoms with Gasteiger partial charge in [0, 0.05) is 25.3 Å². The first-order valence-corrected chi connectivity index (χ1v) is 7.59. The van der Waals surface area contributed by atoms with E-state index in [1.54, 1.807) is 12.1 Å². The molecule has 0 amide bonds. The largest absolute Gasteiger partial charge is 0.293 e. The fourth-order valence-corrected chi connectivity index (χ4v) is 2.08. The van der Waals surface area contributed by atoms with E-state index >= 15 is 0 Å². The summed E-state index contributed by atoms with van der Waals surface area (Å²) in [5.74, 6) is -0.552. The zero-order chi connectivity index (χ0) is 16.5. The summed E-state index contributed by atoms with van der Waals surface area (Å²) in [5, 5.41) is 13.2. The van der Waals surface area contributed by atoms with Gasteiger partial charge in [0.2, 0.25) is 0 Å². The van der Waals surface area contributed by atoms with Gasteiger partial charge in [0.25, 0.3) is 0 Å². The average molecular weight is 303 g/mol. The Kier molecular flexibility index (Phi) is 7.24. The van der Waals surface area contributed by atoms with Crippen LogP contribution in [0.4, 0.5) is 4.39 Å². The molecule has 0 unspecified atom stereocenters. The highest BCUT2D eigenvalue weighted by atomic mass is 19.1. The van der Waals surface area contributed by atoms with Crippen LogP contribution in [-0.4, -0.2) is 15.6 Å². The van der Waals surface area contributed by atoms with Crippen LogP contribution in [0.2, 0.25) is 0 Å². The van der Waals surface area contributed by atoms with E-state index in [1.165, 1.54) is 24.1 Å². The van der Waals surface area contributed by atoms with Gasteiger partial charge in [0.15, 0.2) is 5.78 Å². The Morgan fingerprint density at radius 1 is 1.36 bits per heavy atom. The number of ketones is 1.